The van der Waals surface area contributed by atoms with Crippen molar-refractivity contribution < 1.29 is 9.53 Å². The molecule has 20 heavy (non-hydrogen) atoms. The Morgan fingerprint density at radius 2 is 2.20 bits per heavy atom. The number of thioether (sulfide) groups is 2. The van der Waals surface area contributed by atoms with Crippen LogP contribution in [0.5, 0.6) is 0 Å². The van der Waals surface area contributed by atoms with E-state index >= 15 is 0 Å². The van der Waals surface area contributed by atoms with Crippen LogP contribution in [0.25, 0.3) is 0 Å². The Labute approximate surface area is 132 Å². The Morgan fingerprint density at radius 3 is 2.75 bits per heavy atom. The minimum atomic E-state index is -0.348. The molecule has 1 aliphatic rings. The fourth-order valence-corrected chi connectivity index (χ4v) is 5.49. The summed E-state index contributed by atoms with van der Waals surface area (Å²) in [5.74, 6) is 0.742. The van der Waals surface area contributed by atoms with E-state index < -0.39 is 0 Å². The fourth-order valence-electron chi connectivity index (χ4n) is 2.26. The smallest absolute Gasteiger partial charge is 0.350 e. The molecule has 7 heteroatoms. The van der Waals surface area contributed by atoms with Gasteiger partial charge in [0, 0.05) is 23.6 Å². The number of hydrogen-bond acceptors (Lipinski definition) is 7. The lowest BCUT2D eigenvalue weighted by Crippen LogP contribution is -2.43. The van der Waals surface area contributed by atoms with E-state index in [1.54, 1.807) is 11.8 Å². The number of methoxy groups -OCH3 is 1. The van der Waals surface area contributed by atoms with Crippen molar-refractivity contribution in [3.8, 4) is 0 Å². The van der Waals surface area contributed by atoms with Crippen molar-refractivity contribution in [3.63, 3.8) is 0 Å². The van der Waals surface area contributed by atoms with E-state index in [0.29, 0.717) is 10.6 Å². The molecule has 2 N–H and O–H groups in total. The number of esters is 1. The number of nitrogens with two attached hydrogens (primary N) is 1. The summed E-state index contributed by atoms with van der Waals surface area (Å²) < 4.78 is 5.04. The Morgan fingerprint density at radius 1 is 1.50 bits per heavy atom. The normalized spacial score (nSPS) is 18.1. The molecule has 2 heterocycles. The second-order valence-corrected chi connectivity index (χ2v) is 8.82. The van der Waals surface area contributed by atoms with Crippen LogP contribution in [0.2, 0.25) is 0 Å². The van der Waals surface area contributed by atoms with Gasteiger partial charge in [0.05, 0.1) is 17.7 Å². The maximum Gasteiger partial charge on any atom is 0.350 e. The topological polar surface area (TPSA) is 55.6 Å². The van der Waals surface area contributed by atoms with Crippen LogP contribution in [0, 0.1) is 0 Å². The molecule has 2 rings (SSSR count). The molecule has 0 bridgehead atoms. The van der Waals surface area contributed by atoms with Gasteiger partial charge < -0.3 is 15.4 Å². The molecule has 112 valence electrons. The molecule has 0 saturated carbocycles. The zero-order valence-electron chi connectivity index (χ0n) is 12.2. The number of hydrogen-bond donors (Lipinski definition) is 1. The Balaban J connectivity index is 2.38. The third kappa shape index (κ3) is 3.04. The number of nitrogen functional groups attached to an aromatic ring is 1. The number of rotatable bonds is 3. The van der Waals surface area contributed by atoms with Gasteiger partial charge in [-0.25, -0.2) is 4.79 Å². The average molecular weight is 333 g/mol. The van der Waals surface area contributed by atoms with Crippen LogP contribution in [-0.4, -0.2) is 42.9 Å². The minimum absolute atomic E-state index is 0.220. The van der Waals surface area contributed by atoms with E-state index in [-0.39, 0.29) is 10.7 Å². The summed E-state index contributed by atoms with van der Waals surface area (Å²) in [7, 11) is 1.39. The zero-order valence-corrected chi connectivity index (χ0v) is 14.6. The molecule has 0 atom stereocenters. The number of anilines is 2. The Hall–Kier alpha value is -0.530. The summed E-state index contributed by atoms with van der Waals surface area (Å²) in [4.78, 5) is 15.7. The van der Waals surface area contributed by atoms with Crippen molar-refractivity contribution in [2.24, 2.45) is 0 Å². The summed E-state index contributed by atoms with van der Waals surface area (Å²) in [5.41, 5.74) is 6.68. The predicted molar refractivity (Wildman–Crippen MR) is 90.6 cm³/mol. The van der Waals surface area contributed by atoms with Gasteiger partial charge in [-0.3, -0.25) is 0 Å². The Bertz CT molecular complexity index is 514. The minimum Gasteiger partial charge on any atom is -0.465 e. The van der Waals surface area contributed by atoms with E-state index in [4.69, 9.17) is 10.5 Å². The third-order valence-electron chi connectivity index (χ3n) is 3.17. The van der Waals surface area contributed by atoms with Gasteiger partial charge >= 0.3 is 5.97 Å². The van der Waals surface area contributed by atoms with Gasteiger partial charge in [0.2, 0.25) is 0 Å². The first-order valence-electron chi connectivity index (χ1n) is 6.33. The molecule has 0 aliphatic carbocycles. The second kappa shape index (κ2) is 6.07. The van der Waals surface area contributed by atoms with E-state index in [0.717, 1.165) is 28.7 Å². The van der Waals surface area contributed by atoms with Crippen molar-refractivity contribution in [1.82, 2.24) is 0 Å². The zero-order chi connectivity index (χ0) is 14.9. The standard InChI is InChI=1S/C13H20N2O2S3/c1-13(2)7-15(5-6-19-13)11-9(18-4)8(14)10(20-11)12(16)17-3/h5-7,14H2,1-4H3. The maximum atomic E-state index is 11.8. The highest BCUT2D eigenvalue weighted by atomic mass is 32.2. The first-order valence-corrected chi connectivity index (χ1v) is 9.36. The van der Waals surface area contributed by atoms with Crippen molar-refractivity contribution in [2.45, 2.75) is 23.5 Å². The number of carbonyl (C=O) groups is 1. The number of thiophene rings is 1. The van der Waals surface area contributed by atoms with E-state index in [1.165, 1.54) is 18.4 Å². The molecular weight excluding hydrogens is 312 g/mol. The lowest BCUT2D eigenvalue weighted by molar-refractivity contribution is 0.0607. The van der Waals surface area contributed by atoms with Gasteiger partial charge in [-0.05, 0) is 20.1 Å². The summed E-state index contributed by atoms with van der Waals surface area (Å²) in [6, 6.07) is 0. The lowest BCUT2D eigenvalue weighted by Gasteiger charge is -2.38. The molecule has 0 aromatic carbocycles. The highest BCUT2D eigenvalue weighted by molar-refractivity contribution is 8.00. The molecule has 4 nitrogen and oxygen atoms in total. The number of nitrogens with zero attached hydrogens (tertiary/aromatic N) is 1. The quantitative estimate of drug-likeness (QED) is 0.678. The van der Waals surface area contributed by atoms with Crippen LogP contribution in [-0.2, 0) is 4.74 Å². The van der Waals surface area contributed by atoms with E-state index in [9.17, 15) is 4.79 Å². The van der Waals surface area contributed by atoms with Crippen LogP contribution < -0.4 is 10.6 Å². The molecule has 0 amide bonds. The van der Waals surface area contributed by atoms with Crippen LogP contribution in [0.1, 0.15) is 23.5 Å². The van der Waals surface area contributed by atoms with E-state index in [1.807, 2.05) is 18.0 Å². The highest BCUT2D eigenvalue weighted by Crippen LogP contribution is 2.46. The van der Waals surface area contributed by atoms with Crippen LogP contribution in [0.4, 0.5) is 10.7 Å². The van der Waals surface area contributed by atoms with Crippen molar-refractivity contribution >= 4 is 51.5 Å². The summed E-state index contributed by atoms with van der Waals surface area (Å²) in [6.07, 6.45) is 1.99. The largest absolute Gasteiger partial charge is 0.465 e. The predicted octanol–water partition coefficient (Wildman–Crippen LogP) is 3.17. The van der Waals surface area contributed by atoms with Crippen molar-refractivity contribution in [2.75, 3.05) is 42.8 Å². The Kier molecular flexibility index (Phi) is 4.81. The van der Waals surface area contributed by atoms with Crippen LogP contribution >= 0.6 is 34.9 Å². The van der Waals surface area contributed by atoms with Crippen LogP contribution in [0.15, 0.2) is 4.90 Å². The molecule has 1 aromatic rings. The maximum absolute atomic E-state index is 11.8. The molecule has 1 fully saturated rings. The average Bonchev–Trinajstić information content (AvgIpc) is 2.73. The van der Waals surface area contributed by atoms with Gasteiger partial charge in [-0.1, -0.05) is 0 Å². The summed E-state index contributed by atoms with van der Waals surface area (Å²) in [6.45, 7) is 6.45. The van der Waals surface area contributed by atoms with Gasteiger partial charge in [-0.15, -0.1) is 23.1 Å². The number of carbonyl (C=O) groups excluding carboxylic acids is 1. The molecule has 1 saturated heterocycles. The fraction of sp³-hybridized carbons (Fsp3) is 0.615. The van der Waals surface area contributed by atoms with Gasteiger partial charge in [0.25, 0.3) is 0 Å². The van der Waals surface area contributed by atoms with Gasteiger partial charge in [-0.2, -0.15) is 11.8 Å². The summed E-state index contributed by atoms with van der Waals surface area (Å²) in [5, 5.41) is 1.10. The first-order chi connectivity index (χ1) is 9.39. The molecule has 1 aliphatic heterocycles. The number of ether oxygens (including phenoxy) is 1. The molecule has 0 radical (unpaired) electrons. The lowest BCUT2D eigenvalue weighted by atomic mass is 10.2. The molecule has 1 aromatic heterocycles. The highest BCUT2D eigenvalue weighted by Gasteiger charge is 2.31. The first kappa shape index (κ1) is 15.9. The van der Waals surface area contributed by atoms with Gasteiger partial charge in [0.1, 0.15) is 9.88 Å². The molecule has 0 unspecified atom stereocenters. The van der Waals surface area contributed by atoms with Crippen LogP contribution in [0.3, 0.4) is 0 Å². The van der Waals surface area contributed by atoms with Crippen molar-refractivity contribution in [1.29, 1.82) is 0 Å². The molecule has 0 spiro atoms. The van der Waals surface area contributed by atoms with Crippen molar-refractivity contribution in [3.05, 3.63) is 4.88 Å². The van der Waals surface area contributed by atoms with Gasteiger partial charge in [0.15, 0.2) is 0 Å². The van der Waals surface area contributed by atoms with E-state index in [2.05, 4.69) is 18.7 Å². The summed E-state index contributed by atoms with van der Waals surface area (Å²) >= 11 is 5.03. The second-order valence-electron chi connectivity index (χ2n) is 5.20. The molecular formula is C13H20N2O2S3. The SMILES string of the molecule is COC(=O)c1sc(N2CCSC(C)(C)C2)c(SC)c1N. The monoisotopic (exact) mass is 332 g/mol. The third-order valence-corrected chi connectivity index (χ3v) is 6.66.